The first kappa shape index (κ1) is 33.7. The number of amides is 1. The van der Waals surface area contributed by atoms with Crippen molar-refractivity contribution < 1.29 is 17.9 Å². The highest BCUT2D eigenvalue weighted by Crippen LogP contribution is 2.46. The average molecular weight is 684 g/mol. The fourth-order valence-electron chi connectivity index (χ4n) is 7.12. The van der Waals surface area contributed by atoms with Crippen LogP contribution in [-0.4, -0.2) is 59.3 Å². The molecule has 0 unspecified atom stereocenters. The minimum Gasteiger partial charge on any atom is -0.477 e. The second-order valence-corrected chi connectivity index (χ2v) is 16.0. The van der Waals surface area contributed by atoms with Crippen LogP contribution in [0, 0.1) is 23.7 Å². The van der Waals surface area contributed by atoms with Crippen LogP contribution in [0.15, 0.2) is 47.6 Å². The number of carbonyl (C=O) groups is 1. The molecule has 47 heavy (non-hydrogen) atoms. The van der Waals surface area contributed by atoms with Crippen molar-refractivity contribution in [3.05, 3.63) is 53.3 Å². The van der Waals surface area contributed by atoms with E-state index in [1.165, 1.54) is 55.3 Å². The van der Waals surface area contributed by atoms with E-state index in [2.05, 4.69) is 44.3 Å². The Labute approximate surface area is 282 Å². The number of rotatable bonds is 15. The molecule has 2 aliphatic carbocycles. The third kappa shape index (κ3) is 8.45. The number of carbonyl (C=O) groups excluding carboxylic acids is 1. The molecule has 0 bridgehead atoms. The van der Waals surface area contributed by atoms with Crippen molar-refractivity contribution in [2.45, 2.75) is 88.6 Å². The minimum absolute atomic E-state index is 0.0838. The molecule has 254 valence electrons. The second-order valence-electron chi connectivity index (χ2n) is 14.0. The third-order valence-corrected chi connectivity index (χ3v) is 11.6. The van der Waals surface area contributed by atoms with Crippen molar-refractivity contribution in [2.75, 3.05) is 25.0 Å². The number of aromatic nitrogens is 4. The van der Waals surface area contributed by atoms with Crippen LogP contribution in [0.5, 0.6) is 5.88 Å². The number of nitrogens with zero attached hydrogens (tertiary/aromatic N) is 4. The van der Waals surface area contributed by atoms with E-state index in [0.29, 0.717) is 36.6 Å². The molecule has 0 spiro atoms. The lowest BCUT2D eigenvalue weighted by Crippen LogP contribution is -2.33. The molecule has 6 rings (SSSR count). The SMILES string of the molecule is CC1(C)C[C@H](CCCNc2cccc(S(=O)(=O)NC(=O)c3ccc(-n4ccc(OCCC(C5CCC5)C5CCC5)n4)nc3Cl)n2)CN1. The lowest BCUT2D eigenvalue weighted by molar-refractivity contribution is 0.0720. The lowest BCUT2D eigenvalue weighted by Gasteiger charge is -2.42. The van der Waals surface area contributed by atoms with E-state index >= 15 is 0 Å². The first-order valence-corrected chi connectivity index (χ1v) is 18.8. The van der Waals surface area contributed by atoms with E-state index in [0.717, 1.165) is 50.0 Å². The maximum atomic E-state index is 13.1. The molecule has 13 heteroatoms. The average Bonchev–Trinajstić information content (AvgIpc) is 3.59. The summed E-state index contributed by atoms with van der Waals surface area (Å²) in [6.07, 6.45) is 14.0. The summed E-state index contributed by atoms with van der Waals surface area (Å²) >= 11 is 6.36. The molecule has 0 radical (unpaired) electrons. The summed E-state index contributed by atoms with van der Waals surface area (Å²) in [5.41, 5.74) is 0.0977. The highest BCUT2D eigenvalue weighted by molar-refractivity contribution is 7.90. The fraction of sp³-hybridized carbons (Fsp3) is 0.588. The van der Waals surface area contributed by atoms with Crippen molar-refractivity contribution in [1.82, 2.24) is 29.8 Å². The number of anilines is 1. The van der Waals surface area contributed by atoms with Crippen molar-refractivity contribution in [3.8, 4) is 11.7 Å². The minimum atomic E-state index is -4.26. The van der Waals surface area contributed by atoms with Gasteiger partial charge in [0.1, 0.15) is 11.0 Å². The molecule has 3 fully saturated rings. The van der Waals surface area contributed by atoms with Gasteiger partial charge in [0.2, 0.25) is 5.88 Å². The third-order valence-electron chi connectivity index (χ3n) is 10.1. The number of nitrogens with one attached hydrogen (secondary N) is 3. The summed E-state index contributed by atoms with van der Waals surface area (Å²) in [7, 11) is -4.26. The van der Waals surface area contributed by atoms with Gasteiger partial charge < -0.3 is 15.4 Å². The summed E-state index contributed by atoms with van der Waals surface area (Å²) < 4.78 is 35.7. The Hall–Kier alpha value is -3.22. The Morgan fingerprint density at radius 3 is 2.53 bits per heavy atom. The summed E-state index contributed by atoms with van der Waals surface area (Å²) in [4.78, 5) is 21.5. The molecule has 3 aliphatic rings. The summed E-state index contributed by atoms with van der Waals surface area (Å²) in [6, 6.07) is 9.38. The smallest absolute Gasteiger partial charge is 0.281 e. The van der Waals surface area contributed by atoms with Crippen molar-refractivity contribution in [3.63, 3.8) is 0 Å². The van der Waals surface area contributed by atoms with Crippen LogP contribution in [0.25, 0.3) is 5.82 Å². The number of hydrogen-bond acceptors (Lipinski definition) is 9. The zero-order valence-corrected chi connectivity index (χ0v) is 28.8. The van der Waals surface area contributed by atoms with E-state index in [9.17, 15) is 13.2 Å². The quantitative estimate of drug-likeness (QED) is 0.130. The van der Waals surface area contributed by atoms with Gasteiger partial charge in [0.05, 0.1) is 12.2 Å². The first-order chi connectivity index (χ1) is 22.6. The van der Waals surface area contributed by atoms with Gasteiger partial charge in [-0.25, -0.2) is 19.4 Å². The number of ether oxygens (including phenoxy) is 1. The van der Waals surface area contributed by atoms with Gasteiger partial charge >= 0.3 is 0 Å². The van der Waals surface area contributed by atoms with Crippen LogP contribution < -0.4 is 20.1 Å². The maximum absolute atomic E-state index is 13.1. The molecular formula is C34H46ClN7O4S. The summed E-state index contributed by atoms with van der Waals surface area (Å²) in [5, 5.41) is 10.8. The van der Waals surface area contributed by atoms with E-state index in [4.69, 9.17) is 16.3 Å². The largest absolute Gasteiger partial charge is 0.477 e. The molecule has 1 atom stereocenters. The molecule has 0 aromatic carbocycles. The Bertz CT molecular complexity index is 1640. The van der Waals surface area contributed by atoms with Gasteiger partial charge in [-0.2, -0.15) is 8.42 Å². The summed E-state index contributed by atoms with van der Waals surface area (Å²) in [6.45, 7) is 6.74. The second kappa shape index (κ2) is 14.5. The zero-order chi connectivity index (χ0) is 33.0. The Morgan fingerprint density at radius 2 is 1.87 bits per heavy atom. The molecule has 1 amide bonds. The highest BCUT2D eigenvalue weighted by Gasteiger charge is 2.36. The summed E-state index contributed by atoms with van der Waals surface area (Å²) in [5.74, 6) is 3.47. The lowest BCUT2D eigenvalue weighted by atomic mass is 9.63. The Kier molecular flexibility index (Phi) is 10.4. The van der Waals surface area contributed by atoms with Crippen LogP contribution in [0.3, 0.4) is 0 Å². The van der Waals surface area contributed by atoms with Crippen molar-refractivity contribution >= 4 is 33.3 Å². The predicted molar refractivity (Wildman–Crippen MR) is 181 cm³/mol. The van der Waals surface area contributed by atoms with Gasteiger partial charge in [0.15, 0.2) is 10.8 Å². The fourth-order valence-corrected chi connectivity index (χ4v) is 8.29. The van der Waals surface area contributed by atoms with Gasteiger partial charge in [-0.15, -0.1) is 5.10 Å². The maximum Gasteiger partial charge on any atom is 0.281 e. The topological polar surface area (TPSA) is 140 Å². The van der Waals surface area contributed by atoms with E-state index in [-0.39, 0.29) is 21.3 Å². The normalized spacial score (nSPS) is 19.7. The molecule has 3 N–H and O–H groups in total. The van der Waals surface area contributed by atoms with Gasteiger partial charge in [-0.1, -0.05) is 56.2 Å². The molecule has 2 saturated carbocycles. The molecule has 1 saturated heterocycles. The highest BCUT2D eigenvalue weighted by atomic mass is 35.5. The van der Waals surface area contributed by atoms with Gasteiger partial charge in [0, 0.05) is 24.3 Å². The number of sulfonamides is 1. The van der Waals surface area contributed by atoms with Crippen LogP contribution in [0.1, 0.15) is 88.4 Å². The molecule has 3 aromatic rings. The van der Waals surface area contributed by atoms with E-state index in [1.54, 1.807) is 30.5 Å². The zero-order valence-electron chi connectivity index (χ0n) is 27.3. The van der Waals surface area contributed by atoms with Gasteiger partial charge in [0.25, 0.3) is 15.9 Å². The molecular weight excluding hydrogens is 638 g/mol. The van der Waals surface area contributed by atoms with E-state index < -0.39 is 15.9 Å². The van der Waals surface area contributed by atoms with E-state index in [1.807, 2.05) is 0 Å². The van der Waals surface area contributed by atoms with Crippen LogP contribution in [0.2, 0.25) is 5.15 Å². The monoisotopic (exact) mass is 683 g/mol. The standard InChI is InChI=1S/C34H46ClN7O4S/c1-34(2)21-23(22-37-34)7-6-18-36-28-12-5-13-31(38-28)47(44,45)41-33(43)27-14-15-29(39-32(27)35)42-19-16-30(40-42)46-20-17-26(24-8-3-9-24)25-10-4-11-25/h5,12-16,19,23-26,37H,3-4,6-11,17-18,20-22H2,1-2H3,(H,36,38)(H,41,43)/t23-/m0/s1. The van der Waals surface area contributed by atoms with Crippen molar-refractivity contribution in [1.29, 1.82) is 0 Å². The number of halogens is 1. The Morgan fingerprint density at radius 1 is 1.11 bits per heavy atom. The number of pyridine rings is 2. The molecule has 1 aliphatic heterocycles. The number of hydrogen-bond donors (Lipinski definition) is 3. The molecule has 11 nitrogen and oxygen atoms in total. The van der Waals surface area contributed by atoms with Gasteiger partial charge in [-0.05, 0) is 94.0 Å². The van der Waals surface area contributed by atoms with Gasteiger partial charge in [-0.3, -0.25) is 4.79 Å². The molecule has 4 heterocycles. The Balaban J connectivity index is 1.00. The van der Waals surface area contributed by atoms with Crippen LogP contribution in [-0.2, 0) is 10.0 Å². The van der Waals surface area contributed by atoms with Crippen LogP contribution in [0.4, 0.5) is 5.82 Å². The first-order valence-electron chi connectivity index (χ1n) is 16.9. The van der Waals surface area contributed by atoms with Crippen LogP contribution >= 0.6 is 11.6 Å². The van der Waals surface area contributed by atoms with Crippen molar-refractivity contribution in [2.24, 2.45) is 23.7 Å². The molecule has 3 aromatic heterocycles. The predicted octanol–water partition coefficient (Wildman–Crippen LogP) is 6.00.